The average Bonchev–Trinajstić information content (AvgIpc) is 3.20. The van der Waals surface area contributed by atoms with Crippen LogP contribution in [0.5, 0.6) is 11.5 Å². The molecule has 0 saturated carbocycles. The Hall–Kier alpha value is -3.22. The minimum Gasteiger partial charge on any atom is -0.493 e. The summed E-state index contributed by atoms with van der Waals surface area (Å²) in [5.41, 5.74) is 4.14. The average molecular weight is 409 g/mol. The zero-order chi connectivity index (χ0) is 21.1. The quantitative estimate of drug-likeness (QED) is 0.653. The summed E-state index contributed by atoms with van der Waals surface area (Å²) in [6.07, 6.45) is 1.61. The number of para-hydroxylation sites is 1. The van der Waals surface area contributed by atoms with Crippen LogP contribution < -0.4 is 19.7 Å². The van der Waals surface area contributed by atoms with Gasteiger partial charge in [0.2, 0.25) is 11.9 Å². The third-order valence-corrected chi connectivity index (χ3v) is 5.73. The van der Waals surface area contributed by atoms with Gasteiger partial charge in [0, 0.05) is 31.1 Å². The number of carbonyl (C=O) groups is 1. The minimum absolute atomic E-state index is 0.00414. The molecule has 30 heavy (non-hydrogen) atoms. The number of imidazole rings is 1. The van der Waals surface area contributed by atoms with Gasteiger partial charge in [-0.15, -0.1) is 0 Å². The zero-order valence-electron chi connectivity index (χ0n) is 17.7. The van der Waals surface area contributed by atoms with Crippen LogP contribution in [0, 0.1) is 12.8 Å². The maximum atomic E-state index is 12.7. The first kappa shape index (κ1) is 20.1. The van der Waals surface area contributed by atoms with E-state index in [2.05, 4.69) is 34.3 Å². The molecular formula is C23H28N4O3. The highest BCUT2D eigenvalue weighted by molar-refractivity contribution is 5.80. The number of aryl methyl sites for hydroxylation is 1. The van der Waals surface area contributed by atoms with Crippen molar-refractivity contribution < 1.29 is 14.3 Å². The van der Waals surface area contributed by atoms with Crippen LogP contribution in [0.1, 0.15) is 24.0 Å². The Kier molecular flexibility index (Phi) is 5.79. The summed E-state index contributed by atoms with van der Waals surface area (Å²) in [5.74, 6) is 2.30. The molecule has 0 atom stereocenters. The third kappa shape index (κ3) is 4.06. The van der Waals surface area contributed by atoms with Crippen molar-refractivity contribution in [2.75, 3.05) is 32.2 Å². The molecule has 0 radical (unpaired) electrons. The second kappa shape index (κ2) is 8.65. The number of amides is 1. The van der Waals surface area contributed by atoms with Gasteiger partial charge in [-0.05, 0) is 43.5 Å². The molecule has 3 aromatic rings. The lowest BCUT2D eigenvalue weighted by molar-refractivity contribution is -0.125. The number of benzene rings is 2. The van der Waals surface area contributed by atoms with Crippen LogP contribution in [0.25, 0.3) is 11.0 Å². The van der Waals surface area contributed by atoms with Crippen LogP contribution in [-0.2, 0) is 11.3 Å². The molecule has 1 aliphatic rings. The Morgan fingerprint density at radius 3 is 2.73 bits per heavy atom. The van der Waals surface area contributed by atoms with Gasteiger partial charge in [0.25, 0.3) is 0 Å². The fourth-order valence-electron chi connectivity index (χ4n) is 4.03. The van der Waals surface area contributed by atoms with Crippen molar-refractivity contribution in [2.24, 2.45) is 5.92 Å². The Labute approximate surface area is 176 Å². The lowest BCUT2D eigenvalue weighted by Crippen LogP contribution is -2.40. The summed E-state index contributed by atoms with van der Waals surface area (Å²) in [6, 6.07) is 11.9. The molecule has 2 heterocycles. The molecule has 1 fully saturated rings. The van der Waals surface area contributed by atoms with E-state index in [0.717, 1.165) is 48.5 Å². The number of carbonyl (C=O) groups excluding carboxylic acids is 1. The van der Waals surface area contributed by atoms with Gasteiger partial charge in [0.15, 0.2) is 11.5 Å². The van der Waals surface area contributed by atoms with Crippen molar-refractivity contribution in [3.63, 3.8) is 0 Å². The fourth-order valence-corrected chi connectivity index (χ4v) is 4.03. The second-order valence-electron chi connectivity index (χ2n) is 7.71. The van der Waals surface area contributed by atoms with E-state index < -0.39 is 0 Å². The molecule has 1 aromatic heterocycles. The summed E-state index contributed by atoms with van der Waals surface area (Å²) in [7, 11) is 3.22. The van der Waals surface area contributed by atoms with Gasteiger partial charge in [-0.25, -0.2) is 4.98 Å². The monoisotopic (exact) mass is 408 g/mol. The molecule has 1 saturated heterocycles. The number of fused-ring (bicyclic) bond motifs is 1. The Bertz CT molecular complexity index is 1040. The first-order valence-electron chi connectivity index (χ1n) is 10.3. The number of anilines is 1. The standard InChI is InChI=1S/C23H28N4O3/c1-15-7-8-18-19(13-15)26-23(25-18)27-11-9-16(10-12-27)22(28)24-14-17-5-4-6-20(29-2)21(17)30-3/h4-8,13,16H,9-12,14H2,1-3H3,(H,24,28)(H,25,26). The van der Waals surface area contributed by atoms with Gasteiger partial charge in [-0.2, -0.15) is 0 Å². The second-order valence-corrected chi connectivity index (χ2v) is 7.71. The summed E-state index contributed by atoms with van der Waals surface area (Å²) in [6.45, 7) is 4.10. The van der Waals surface area contributed by atoms with Crippen LogP contribution in [0.2, 0.25) is 0 Å². The maximum absolute atomic E-state index is 12.7. The van der Waals surface area contributed by atoms with Crippen LogP contribution in [-0.4, -0.2) is 43.2 Å². The van der Waals surface area contributed by atoms with Crippen LogP contribution in [0.3, 0.4) is 0 Å². The normalized spacial score (nSPS) is 14.7. The van der Waals surface area contributed by atoms with Gasteiger partial charge in [0.1, 0.15) is 0 Å². The number of piperidine rings is 1. The number of nitrogens with one attached hydrogen (secondary N) is 2. The smallest absolute Gasteiger partial charge is 0.223 e. The molecule has 0 aliphatic carbocycles. The van der Waals surface area contributed by atoms with E-state index >= 15 is 0 Å². The van der Waals surface area contributed by atoms with Crippen LogP contribution in [0.4, 0.5) is 5.95 Å². The summed E-state index contributed by atoms with van der Waals surface area (Å²) >= 11 is 0. The Morgan fingerprint density at radius 2 is 2.00 bits per heavy atom. The number of hydrogen-bond donors (Lipinski definition) is 2. The molecule has 7 heteroatoms. The van der Waals surface area contributed by atoms with Gasteiger partial charge < -0.3 is 24.7 Å². The number of methoxy groups -OCH3 is 2. The molecule has 0 spiro atoms. The van der Waals surface area contributed by atoms with Crippen molar-refractivity contribution in [1.82, 2.24) is 15.3 Å². The minimum atomic E-state index is 0.00414. The van der Waals surface area contributed by atoms with Crippen molar-refractivity contribution in [3.8, 4) is 11.5 Å². The molecule has 158 valence electrons. The van der Waals surface area contributed by atoms with Gasteiger partial charge in [-0.3, -0.25) is 4.79 Å². The van der Waals surface area contributed by atoms with E-state index in [9.17, 15) is 4.79 Å². The van der Waals surface area contributed by atoms with Crippen molar-refractivity contribution in [2.45, 2.75) is 26.3 Å². The molecule has 0 unspecified atom stereocenters. The molecule has 2 N–H and O–H groups in total. The highest BCUT2D eigenvalue weighted by atomic mass is 16.5. The largest absolute Gasteiger partial charge is 0.493 e. The SMILES string of the molecule is COc1cccc(CNC(=O)C2CCN(c3nc4ccc(C)cc4[nH]3)CC2)c1OC. The summed E-state index contributed by atoms with van der Waals surface area (Å²) in [4.78, 5) is 23.1. The fraction of sp³-hybridized carbons (Fsp3) is 0.391. The highest BCUT2D eigenvalue weighted by Crippen LogP contribution is 2.31. The van der Waals surface area contributed by atoms with E-state index in [1.165, 1.54) is 5.56 Å². The first-order chi connectivity index (χ1) is 14.6. The molecule has 4 rings (SSSR count). The van der Waals surface area contributed by atoms with E-state index in [-0.39, 0.29) is 11.8 Å². The number of nitrogens with zero attached hydrogens (tertiary/aromatic N) is 2. The van der Waals surface area contributed by atoms with Crippen molar-refractivity contribution in [1.29, 1.82) is 0 Å². The van der Waals surface area contributed by atoms with Crippen molar-refractivity contribution in [3.05, 3.63) is 47.5 Å². The molecule has 2 aromatic carbocycles. The van der Waals surface area contributed by atoms with Crippen molar-refractivity contribution >= 4 is 22.9 Å². The van der Waals surface area contributed by atoms with E-state index in [1.807, 2.05) is 24.3 Å². The molecular weight excluding hydrogens is 380 g/mol. The summed E-state index contributed by atoms with van der Waals surface area (Å²) in [5, 5.41) is 3.06. The van der Waals surface area contributed by atoms with E-state index in [4.69, 9.17) is 14.5 Å². The lowest BCUT2D eigenvalue weighted by Gasteiger charge is -2.31. The number of aromatic nitrogens is 2. The number of rotatable bonds is 6. The van der Waals surface area contributed by atoms with Crippen LogP contribution in [0.15, 0.2) is 36.4 Å². The highest BCUT2D eigenvalue weighted by Gasteiger charge is 2.26. The predicted molar refractivity (Wildman–Crippen MR) is 117 cm³/mol. The number of ether oxygens (including phenoxy) is 2. The molecule has 1 aliphatic heterocycles. The van der Waals surface area contributed by atoms with E-state index in [1.54, 1.807) is 14.2 Å². The molecule has 7 nitrogen and oxygen atoms in total. The third-order valence-electron chi connectivity index (χ3n) is 5.73. The van der Waals surface area contributed by atoms with Gasteiger partial charge >= 0.3 is 0 Å². The van der Waals surface area contributed by atoms with Gasteiger partial charge in [0.05, 0.1) is 25.3 Å². The zero-order valence-corrected chi connectivity index (χ0v) is 17.7. The molecule has 1 amide bonds. The Balaban J connectivity index is 1.34. The molecule has 0 bridgehead atoms. The number of hydrogen-bond acceptors (Lipinski definition) is 5. The summed E-state index contributed by atoms with van der Waals surface area (Å²) < 4.78 is 10.8. The van der Waals surface area contributed by atoms with Crippen LogP contribution >= 0.6 is 0 Å². The number of aromatic amines is 1. The first-order valence-corrected chi connectivity index (χ1v) is 10.3. The van der Waals surface area contributed by atoms with Gasteiger partial charge in [-0.1, -0.05) is 18.2 Å². The predicted octanol–water partition coefficient (Wildman–Crippen LogP) is 3.42. The van der Waals surface area contributed by atoms with E-state index in [0.29, 0.717) is 18.0 Å². The topological polar surface area (TPSA) is 79.5 Å². The number of H-pyrrole nitrogens is 1. The lowest BCUT2D eigenvalue weighted by atomic mass is 9.96. The Morgan fingerprint density at radius 1 is 1.20 bits per heavy atom. The maximum Gasteiger partial charge on any atom is 0.223 e.